The highest BCUT2D eigenvalue weighted by molar-refractivity contribution is 6.08. The zero-order valence-electron chi connectivity index (χ0n) is 18.6. The van der Waals surface area contributed by atoms with Crippen molar-refractivity contribution in [3.8, 4) is 0 Å². The van der Waals surface area contributed by atoms with Gasteiger partial charge in [-0.15, -0.1) is 0 Å². The van der Waals surface area contributed by atoms with Gasteiger partial charge in [-0.05, 0) is 36.1 Å². The number of nitrogens with one attached hydrogen (secondary N) is 1. The number of hydrogen-bond acceptors (Lipinski definition) is 5. The molecule has 33 heavy (non-hydrogen) atoms. The van der Waals surface area contributed by atoms with Gasteiger partial charge in [0.05, 0.1) is 24.4 Å². The summed E-state index contributed by atoms with van der Waals surface area (Å²) in [6, 6.07) is 27.4. The van der Waals surface area contributed by atoms with Gasteiger partial charge in [0.25, 0.3) is 0 Å². The Balaban J connectivity index is 1.94. The van der Waals surface area contributed by atoms with Gasteiger partial charge >= 0.3 is 11.9 Å². The van der Waals surface area contributed by atoms with Crippen LogP contribution in [0.1, 0.15) is 36.1 Å². The zero-order valence-corrected chi connectivity index (χ0v) is 18.6. The summed E-state index contributed by atoms with van der Waals surface area (Å²) in [5, 5.41) is 3.76. The Bertz CT molecular complexity index is 1150. The van der Waals surface area contributed by atoms with Crippen LogP contribution in [-0.2, 0) is 30.1 Å². The van der Waals surface area contributed by atoms with Crippen LogP contribution >= 0.6 is 0 Å². The van der Waals surface area contributed by atoms with Crippen LogP contribution in [0.3, 0.4) is 0 Å². The maximum atomic E-state index is 13.6. The lowest BCUT2D eigenvalue weighted by atomic mass is 9.68. The maximum Gasteiger partial charge on any atom is 0.337 e. The number of carbonyl (C=O) groups excluding carboxylic acids is 2. The van der Waals surface area contributed by atoms with Gasteiger partial charge in [-0.25, -0.2) is 9.59 Å². The molecule has 0 saturated heterocycles. The van der Waals surface area contributed by atoms with Crippen LogP contribution in [0, 0.1) is 0 Å². The van der Waals surface area contributed by atoms with E-state index < -0.39 is 23.0 Å². The summed E-state index contributed by atoms with van der Waals surface area (Å²) in [6.07, 6.45) is 0. The van der Waals surface area contributed by atoms with Gasteiger partial charge in [-0.3, -0.25) is 5.32 Å². The van der Waals surface area contributed by atoms with E-state index in [4.69, 9.17) is 9.47 Å². The molecule has 0 aromatic heterocycles. The van der Waals surface area contributed by atoms with Crippen molar-refractivity contribution >= 4 is 11.9 Å². The van der Waals surface area contributed by atoms with Crippen LogP contribution in [0.15, 0.2) is 96.1 Å². The van der Waals surface area contributed by atoms with Crippen LogP contribution in [0.25, 0.3) is 0 Å². The molecule has 3 aromatic carbocycles. The summed E-state index contributed by atoms with van der Waals surface area (Å²) in [5.74, 6) is -1.05. The lowest BCUT2D eigenvalue weighted by Gasteiger charge is -2.32. The third kappa shape index (κ3) is 2.82. The molecule has 0 aliphatic carbocycles. The smallest absolute Gasteiger partial charge is 0.337 e. The van der Waals surface area contributed by atoms with Crippen molar-refractivity contribution in [3.05, 3.63) is 118 Å². The van der Waals surface area contributed by atoms with Gasteiger partial charge in [0.1, 0.15) is 11.1 Å². The second-order valence-electron chi connectivity index (χ2n) is 8.09. The summed E-state index contributed by atoms with van der Waals surface area (Å²) in [4.78, 5) is 27.2. The molecule has 0 amide bonds. The Hall–Kier alpha value is -3.70. The molecule has 5 rings (SSSR count). The fourth-order valence-corrected chi connectivity index (χ4v) is 5.36. The number of benzene rings is 3. The average Bonchev–Trinajstić information content (AvgIpc) is 3.35. The predicted molar refractivity (Wildman–Crippen MR) is 124 cm³/mol. The van der Waals surface area contributed by atoms with Crippen molar-refractivity contribution in [3.63, 3.8) is 0 Å². The molecule has 1 N–H and O–H groups in total. The largest absolute Gasteiger partial charge is 0.463 e. The highest BCUT2D eigenvalue weighted by Gasteiger charge is 2.67. The molecule has 2 bridgehead atoms. The monoisotopic (exact) mass is 439 g/mol. The van der Waals surface area contributed by atoms with Crippen LogP contribution < -0.4 is 5.32 Å². The second-order valence-corrected chi connectivity index (χ2v) is 8.09. The first-order valence-corrected chi connectivity index (χ1v) is 11.2. The Morgan fingerprint density at radius 1 is 0.636 bits per heavy atom. The van der Waals surface area contributed by atoms with E-state index in [1.54, 1.807) is 13.8 Å². The third-order valence-electron chi connectivity index (χ3n) is 6.48. The van der Waals surface area contributed by atoms with E-state index in [2.05, 4.69) is 5.32 Å². The highest BCUT2D eigenvalue weighted by atomic mass is 16.5. The Kier molecular flexibility index (Phi) is 5.14. The molecule has 2 atom stereocenters. The van der Waals surface area contributed by atoms with E-state index >= 15 is 0 Å². The molecular formula is C28H25NO4. The summed E-state index contributed by atoms with van der Waals surface area (Å²) in [7, 11) is 0. The standard InChI is InChI=1S/C28H25NO4/c1-3-32-25(30)23-24(26(31)33-4-2)28(20-15-9-6-10-16-20)22-18-12-11-17-21(22)27(23,29-28)19-13-7-5-8-14-19/h5-18,29H,3-4H2,1-2H3/t27-,28+. The molecule has 0 spiro atoms. The van der Waals surface area contributed by atoms with Crippen molar-refractivity contribution in [2.24, 2.45) is 0 Å². The van der Waals surface area contributed by atoms with Crippen molar-refractivity contribution in [1.82, 2.24) is 5.32 Å². The number of hydrogen-bond donors (Lipinski definition) is 1. The minimum Gasteiger partial charge on any atom is -0.463 e. The fourth-order valence-electron chi connectivity index (χ4n) is 5.36. The number of ether oxygens (including phenoxy) is 2. The number of rotatable bonds is 6. The molecule has 2 aliphatic rings. The normalized spacial score (nSPS) is 22.7. The van der Waals surface area contributed by atoms with Gasteiger partial charge < -0.3 is 9.47 Å². The topological polar surface area (TPSA) is 64.6 Å². The van der Waals surface area contributed by atoms with E-state index in [-0.39, 0.29) is 24.4 Å². The summed E-state index contributed by atoms with van der Waals surface area (Å²) >= 11 is 0. The van der Waals surface area contributed by atoms with E-state index in [0.29, 0.717) is 0 Å². The molecule has 0 fully saturated rings. The van der Waals surface area contributed by atoms with Crippen molar-refractivity contribution < 1.29 is 19.1 Å². The van der Waals surface area contributed by atoms with Gasteiger partial charge in [-0.2, -0.15) is 0 Å². The SMILES string of the molecule is CCOC(=O)C1=C(C(=O)OCC)[C@@]2(c3ccccc3)N[C@]1(c1ccccc1)c1ccccc12. The number of carbonyl (C=O) groups is 2. The van der Waals surface area contributed by atoms with Crippen LogP contribution in [-0.4, -0.2) is 25.2 Å². The van der Waals surface area contributed by atoms with Crippen LogP contribution in [0.4, 0.5) is 0 Å². The molecule has 0 radical (unpaired) electrons. The number of esters is 2. The Labute approximate surface area is 193 Å². The van der Waals surface area contributed by atoms with Crippen molar-refractivity contribution in [2.45, 2.75) is 24.9 Å². The van der Waals surface area contributed by atoms with E-state index in [9.17, 15) is 9.59 Å². The zero-order chi connectivity index (χ0) is 23.1. The first-order chi connectivity index (χ1) is 16.1. The van der Waals surface area contributed by atoms with Gasteiger partial charge in [-0.1, -0.05) is 84.9 Å². The molecule has 0 saturated carbocycles. The highest BCUT2D eigenvalue weighted by Crippen LogP contribution is 2.61. The minimum atomic E-state index is -1.05. The molecule has 0 unspecified atom stereocenters. The first kappa shape index (κ1) is 21.2. The lowest BCUT2D eigenvalue weighted by molar-refractivity contribution is -0.142. The molecule has 166 valence electrons. The lowest BCUT2D eigenvalue weighted by Crippen LogP contribution is -2.45. The molecule has 2 aliphatic heterocycles. The molecule has 2 heterocycles. The quantitative estimate of drug-likeness (QED) is 0.583. The van der Waals surface area contributed by atoms with Gasteiger partial charge in [0.15, 0.2) is 0 Å². The third-order valence-corrected chi connectivity index (χ3v) is 6.48. The summed E-state index contributed by atoms with van der Waals surface area (Å²) < 4.78 is 11.1. The van der Waals surface area contributed by atoms with Crippen LogP contribution in [0.5, 0.6) is 0 Å². The number of fused-ring (bicyclic) bond motifs is 5. The van der Waals surface area contributed by atoms with Gasteiger partial charge in [0.2, 0.25) is 0 Å². The maximum absolute atomic E-state index is 13.6. The second kappa shape index (κ2) is 8.01. The average molecular weight is 440 g/mol. The first-order valence-electron chi connectivity index (χ1n) is 11.2. The van der Waals surface area contributed by atoms with Crippen LogP contribution in [0.2, 0.25) is 0 Å². The van der Waals surface area contributed by atoms with Gasteiger partial charge in [0, 0.05) is 0 Å². The summed E-state index contributed by atoms with van der Waals surface area (Å²) in [6.45, 7) is 3.92. The van der Waals surface area contributed by atoms with E-state index in [0.717, 1.165) is 22.3 Å². The molecular weight excluding hydrogens is 414 g/mol. The van der Waals surface area contributed by atoms with E-state index in [1.165, 1.54) is 0 Å². The Morgan fingerprint density at radius 3 is 1.36 bits per heavy atom. The fraction of sp³-hybridized carbons (Fsp3) is 0.214. The van der Waals surface area contributed by atoms with Crippen molar-refractivity contribution in [1.29, 1.82) is 0 Å². The van der Waals surface area contributed by atoms with Crippen molar-refractivity contribution in [2.75, 3.05) is 13.2 Å². The molecule has 3 aromatic rings. The summed E-state index contributed by atoms with van der Waals surface area (Å²) in [5.41, 5.74) is 2.04. The minimum absolute atomic E-state index is 0.198. The van der Waals surface area contributed by atoms with E-state index in [1.807, 2.05) is 84.9 Å². The molecule has 5 heteroatoms. The predicted octanol–water partition coefficient (Wildman–Crippen LogP) is 4.21. The molecule has 5 nitrogen and oxygen atoms in total. The Morgan fingerprint density at radius 2 is 1.00 bits per heavy atom.